The second-order valence-corrected chi connectivity index (χ2v) is 12.8. The second-order valence-electron chi connectivity index (χ2n) is 10.2. The van der Waals surface area contributed by atoms with E-state index in [9.17, 15) is 24.3 Å². The molecule has 0 aromatic heterocycles. The summed E-state index contributed by atoms with van der Waals surface area (Å²) in [5, 5.41) is 11.4. The normalized spacial score (nSPS) is 34.3. The first-order valence-electron chi connectivity index (χ1n) is 11.9. The highest BCUT2D eigenvalue weighted by Crippen LogP contribution is 2.66. The number of hydrogen-bond acceptors (Lipinski definition) is 5. The molecule has 0 unspecified atom stereocenters. The summed E-state index contributed by atoms with van der Waals surface area (Å²) in [7, 11) is 1.32. The lowest BCUT2D eigenvalue weighted by Crippen LogP contribution is -2.60. The maximum Gasteiger partial charge on any atom is 0.253 e. The van der Waals surface area contributed by atoms with Crippen molar-refractivity contribution < 1.29 is 24.3 Å². The Morgan fingerprint density at radius 1 is 0.974 bits per heavy atom. The van der Waals surface area contributed by atoms with E-state index in [2.05, 4.69) is 15.9 Å². The van der Waals surface area contributed by atoms with Gasteiger partial charge in [-0.25, -0.2) is 0 Å². The van der Waals surface area contributed by atoms with E-state index < -0.39 is 51.1 Å². The van der Waals surface area contributed by atoms with Gasteiger partial charge in [0, 0.05) is 28.0 Å². The van der Waals surface area contributed by atoms with Gasteiger partial charge in [0.05, 0.1) is 17.5 Å². The van der Waals surface area contributed by atoms with Crippen LogP contribution < -0.4 is 4.90 Å². The molecular formula is C27H20BrCl3N2O5. The molecule has 11 heteroatoms. The van der Waals surface area contributed by atoms with E-state index in [1.54, 1.807) is 36.4 Å². The number of imide groups is 2. The van der Waals surface area contributed by atoms with Gasteiger partial charge in [-0.05, 0) is 61.2 Å². The van der Waals surface area contributed by atoms with Crippen molar-refractivity contribution in [3.8, 4) is 5.75 Å². The summed E-state index contributed by atoms with van der Waals surface area (Å²) in [6.07, 6.45) is 1.94. The molecule has 6 atom stereocenters. The van der Waals surface area contributed by atoms with E-state index in [0.717, 1.165) is 9.80 Å². The van der Waals surface area contributed by atoms with Crippen molar-refractivity contribution in [1.29, 1.82) is 0 Å². The summed E-state index contributed by atoms with van der Waals surface area (Å²) in [5.41, 5.74) is 1.31. The summed E-state index contributed by atoms with van der Waals surface area (Å²) >= 11 is 23.6. The standard InChI is InChI=1S/C27H20BrCl3N2O5/c1-32-24(37)26(30)11-18-15(21(27(26,31)25(32)38)17-10-12(28)2-9-19(17)34)7-8-16-20(18)23(36)33(22(16)35)14-5-3-13(29)4-6-14/h2-7,9-10,16,18,20-21,34H,8,11H2,1H3/t16-,18+,20-,21+,26+,27-/m0/s1. The first kappa shape index (κ1) is 25.9. The highest BCUT2D eigenvalue weighted by Gasteiger charge is 2.76. The first-order chi connectivity index (χ1) is 17.9. The lowest BCUT2D eigenvalue weighted by atomic mass is 9.56. The van der Waals surface area contributed by atoms with Crippen LogP contribution >= 0.6 is 50.7 Å². The van der Waals surface area contributed by atoms with Crippen LogP contribution in [0, 0.1) is 17.8 Å². The number of alkyl halides is 2. The molecular weight excluding hydrogens is 619 g/mol. The van der Waals surface area contributed by atoms with Crippen LogP contribution in [0.15, 0.2) is 58.6 Å². The average molecular weight is 639 g/mol. The number of carbonyl (C=O) groups excluding carboxylic acids is 4. The number of carbonyl (C=O) groups is 4. The predicted molar refractivity (Wildman–Crippen MR) is 145 cm³/mol. The lowest BCUT2D eigenvalue weighted by molar-refractivity contribution is -0.138. The highest BCUT2D eigenvalue weighted by atomic mass is 79.9. The topological polar surface area (TPSA) is 95.0 Å². The molecule has 0 bridgehead atoms. The van der Waals surface area contributed by atoms with E-state index in [4.69, 9.17) is 34.8 Å². The lowest BCUT2D eigenvalue weighted by Gasteiger charge is -2.50. The minimum Gasteiger partial charge on any atom is -0.508 e. The van der Waals surface area contributed by atoms with Gasteiger partial charge < -0.3 is 5.11 Å². The van der Waals surface area contributed by atoms with Crippen molar-refractivity contribution in [2.24, 2.45) is 17.8 Å². The number of amides is 4. The quantitative estimate of drug-likeness (QED) is 0.284. The molecule has 1 saturated carbocycles. The Morgan fingerprint density at radius 3 is 2.34 bits per heavy atom. The van der Waals surface area contributed by atoms with Gasteiger partial charge in [-0.1, -0.05) is 39.2 Å². The van der Waals surface area contributed by atoms with Crippen LogP contribution in [0.25, 0.3) is 0 Å². The van der Waals surface area contributed by atoms with Crippen LogP contribution in [0.3, 0.4) is 0 Å². The molecule has 4 aliphatic rings. The summed E-state index contributed by atoms with van der Waals surface area (Å²) in [6.45, 7) is 0. The minimum atomic E-state index is -1.95. The number of benzene rings is 2. The zero-order valence-electron chi connectivity index (χ0n) is 19.8. The third-order valence-corrected chi connectivity index (χ3v) is 10.6. The Kier molecular flexibility index (Phi) is 5.82. The number of halogens is 4. The fraction of sp³-hybridized carbons (Fsp3) is 0.333. The van der Waals surface area contributed by atoms with Gasteiger partial charge in [0.1, 0.15) is 5.75 Å². The highest BCUT2D eigenvalue weighted by molar-refractivity contribution is 9.10. The molecule has 1 N–H and O–H groups in total. The van der Waals surface area contributed by atoms with Crippen LogP contribution in [0.5, 0.6) is 5.75 Å². The zero-order valence-corrected chi connectivity index (χ0v) is 23.7. The van der Waals surface area contributed by atoms with Crippen LogP contribution in [0.2, 0.25) is 5.02 Å². The zero-order chi connectivity index (χ0) is 27.3. The van der Waals surface area contributed by atoms with Crippen molar-refractivity contribution in [3.05, 3.63) is 69.2 Å². The molecule has 2 aliphatic carbocycles. The molecule has 196 valence electrons. The summed E-state index contributed by atoms with van der Waals surface area (Å²) in [6, 6.07) is 11.1. The number of rotatable bonds is 2. The Labute approximate surface area is 241 Å². The van der Waals surface area contributed by atoms with E-state index in [-0.39, 0.29) is 24.5 Å². The molecule has 38 heavy (non-hydrogen) atoms. The molecule has 2 aromatic rings. The van der Waals surface area contributed by atoms with Crippen LogP contribution in [0.4, 0.5) is 5.69 Å². The number of phenols is 1. The maximum atomic E-state index is 13.9. The SMILES string of the molecule is CN1C(=O)[C@]2(Cl)C[C@@H]3C(=CC[C@@H]4C(=O)N(c5ccc(Cl)cc5)C(=O)[C@@H]43)[C@H](c3cc(Br)ccc3O)[C@]2(Cl)C1=O. The van der Waals surface area contributed by atoms with Gasteiger partial charge >= 0.3 is 0 Å². The van der Waals surface area contributed by atoms with Crippen molar-refractivity contribution in [2.45, 2.75) is 28.5 Å². The van der Waals surface area contributed by atoms with Crippen molar-refractivity contribution in [3.63, 3.8) is 0 Å². The Morgan fingerprint density at radius 2 is 1.66 bits per heavy atom. The van der Waals surface area contributed by atoms with E-state index in [1.807, 2.05) is 6.08 Å². The molecule has 2 heterocycles. The van der Waals surface area contributed by atoms with Gasteiger partial charge in [0.25, 0.3) is 11.8 Å². The van der Waals surface area contributed by atoms with Crippen molar-refractivity contribution in [1.82, 2.24) is 4.90 Å². The molecule has 2 saturated heterocycles. The summed E-state index contributed by atoms with van der Waals surface area (Å²) < 4.78 is 0.619. The van der Waals surface area contributed by atoms with Crippen LogP contribution in [-0.2, 0) is 19.2 Å². The Hall–Kier alpha value is -2.39. The third-order valence-electron chi connectivity index (χ3n) is 8.40. The van der Waals surface area contributed by atoms with Gasteiger partial charge in [-0.15, -0.1) is 23.2 Å². The van der Waals surface area contributed by atoms with E-state index in [1.165, 1.54) is 13.1 Å². The molecule has 2 aromatic carbocycles. The molecule has 3 fully saturated rings. The maximum absolute atomic E-state index is 13.9. The van der Waals surface area contributed by atoms with Crippen molar-refractivity contribution in [2.75, 3.05) is 11.9 Å². The van der Waals surface area contributed by atoms with Gasteiger partial charge in [-0.3, -0.25) is 29.0 Å². The second kappa shape index (κ2) is 8.55. The Bertz CT molecular complexity index is 1480. The molecule has 6 rings (SSSR count). The number of nitrogens with zero attached hydrogens (tertiary/aromatic N) is 2. The number of anilines is 1. The number of allylic oxidation sites excluding steroid dienone is 2. The van der Waals surface area contributed by atoms with Gasteiger partial charge in [0.2, 0.25) is 11.8 Å². The monoisotopic (exact) mass is 636 g/mol. The predicted octanol–water partition coefficient (Wildman–Crippen LogP) is 5.00. The van der Waals surface area contributed by atoms with Crippen molar-refractivity contribution >= 4 is 80.0 Å². The molecule has 0 radical (unpaired) electrons. The molecule has 0 spiro atoms. The van der Waals surface area contributed by atoms with Gasteiger partial charge in [0.15, 0.2) is 9.75 Å². The third kappa shape index (κ3) is 3.20. The number of phenolic OH excluding ortho intramolecular Hbond substituents is 1. The number of fused-ring (bicyclic) bond motifs is 4. The average Bonchev–Trinajstić information content (AvgIpc) is 3.21. The van der Waals surface area contributed by atoms with Gasteiger partial charge in [-0.2, -0.15) is 0 Å². The summed E-state index contributed by atoms with van der Waals surface area (Å²) in [5.74, 6) is -5.43. The smallest absolute Gasteiger partial charge is 0.253 e. The summed E-state index contributed by atoms with van der Waals surface area (Å²) in [4.78, 5) is 52.6. The largest absolute Gasteiger partial charge is 0.508 e. The van der Waals surface area contributed by atoms with E-state index >= 15 is 0 Å². The fourth-order valence-electron chi connectivity index (χ4n) is 6.69. The number of aromatic hydroxyl groups is 1. The minimum absolute atomic E-state index is 0.112. The molecule has 4 amide bonds. The number of likely N-dealkylation sites (tertiary alicyclic amines) is 1. The van der Waals surface area contributed by atoms with Crippen LogP contribution in [0.1, 0.15) is 24.3 Å². The van der Waals surface area contributed by atoms with Crippen LogP contribution in [-0.4, -0.2) is 50.4 Å². The molecule has 7 nitrogen and oxygen atoms in total. The number of hydrogen-bond donors (Lipinski definition) is 1. The molecule has 2 aliphatic heterocycles. The van der Waals surface area contributed by atoms with E-state index in [0.29, 0.717) is 26.3 Å². The Balaban J connectivity index is 1.53. The first-order valence-corrected chi connectivity index (χ1v) is 13.9. The fourth-order valence-corrected chi connectivity index (χ4v) is 8.21.